The average molecular weight is 765 g/mol. The van der Waals surface area contributed by atoms with E-state index in [9.17, 15) is 41.9 Å². The van der Waals surface area contributed by atoms with Gasteiger partial charge in [-0.2, -0.15) is 13.2 Å². The number of carbonyl (C=O) groups is 6. The molecule has 55 heavy (non-hydrogen) atoms. The minimum Gasteiger partial charge on any atom is -0.465 e. The number of hydrogen-bond donors (Lipinski definition) is 1. The van der Waals surface area contributed by atoms with Crippen LogP contribution in [0.1, 0.15) is 58.2 Å². The minimum absolute atomic E-state index is 0.0000391. The highest BCUT2D eigenvalue weighted by atomic mass is 19.4. The van der Waals surface area contributed by atoms with E-state index in [1.807, 2.05) is 0 Å². The van der Waals surface area contributed by atoms with Gasteiger partial charge in [-0.3, -0.25) is 28.8 Å². The first-order valence-corrected chi connectivity index (χ1v) is 17.1. The van der Waals surface area contributed by atoms with Gasteiger partial charge in [-0.25, -0.2) is 0 Å². The Balaban J connectivity index is 1.67. The zero-order chi connectivity index (χ0) is 40.5. The standard InChI is InChI=1S/C40H39F3N2O10/c1-6-52-36(49)39(37(50)53-7-2,38(51)54-8-3)23-55-31(46)21-24-12-11-13-26(20-24)33-32(35(48)45(4)5)30(22-44-33)34(47)29-15-10-9-14-28(29)25-16-18-27(19-17-25)40(41,42)43/h9-20,22,44H,6-8,21,23H2,1-5H3. The van der Waals surface area contributed by atoms with Gasteiger partial charge in [0.2, 0.25) is 0 Å². The van der Waals surface area contributed by atoms with Crippen molar-refractivity contribution in [1.29, 1.82) is 0 Å². The number of rotatable bonds is 15. The summed E-state index contributed by atoms with van der Waals surface area (Å²) in [5, 5.41) is 0. The van der Waals surface area contributed by atoms with E-state index in [0.29, 0.717) is 22.3 Å². The molecule has 290 valence electrons. The van der Waals surface area contributed by atoms with Crippen LogP contribution in [0.2, 0.25) is 0 Å². The van der Waals surface area contributed by atoms with Crippen LogP contribution in [-0.2, 0) is 50.7 Å². The third kappa shape index (κ3) is 9.11. The molecule has 4 aromatic rings. The molecule has 12 nitrogen and oxygen atoms in total. The number of nitrogens with one attached hydrogen (secondary N) is 1. The Bertz CT molecular complexity index is 2020. The van der Waals surface area contributed by atoms with E-state index in [1.54, 1.807) is 42.5 Å². The van der Waals surface area contributed by atoms with E-state index < -0.39 is 65.8 Å². The van der Waals surface area contributed by atoms with E-state index in [-0.39, 0.29) is 42.2 Å². The Morgan fingerprint density at radius 3 is 1.82 bits per heavy atom. The number of hydrogen-bond acceptors (Lipinski definition) is 10. The molecular formula is C40H39F3N2O10. The molecule has 0 aliphatic rings. The quantitative estimate of drug-likeness (QED) is 0.0653. The van der Waals surface area contributed by atoms with Crippen LogP contribution in [0, 0.1) is 5.41 Å². The molecule has 0 aliphatic heterocycles. The number of amides is 1. The maximum atomic E-state index is 14.2. The highest BCUT2D eigenvalue weighted by Gasteiger charge is 2.59. The highest BCUT2D eigenvalue weighted by Crippen LogP contribution is 2.34. The highest BCUT2D eigenvalue weighted by molar-refractivity contribution is 6.20. The van der Waals surface area contributed by atoms with Gasteiger partial charge >= 0.3 is 30.1 Å². The van der Waals surface area contributed by atoms with Crippen molar-refractivity contribution in [1.82, 2.24) is 9.88 Å². The molecule has 0 atom stereocenters. The lowest BCUT2D eigenvalue weighted by Crippen LogP contribution is -2.53. The predicted molar refractivity (Wildman–Crippen MR) is 192 cm³/mol. The van der Waals surface area contributed by atoms with Crippen LogP contribution < -0.4 is 0 Å². The van der Waals surface area contributed by atoms with Gasteiger partial charge in [0, 0.05) is 25.9 Å². The summed E-state index contributed by atoms with van der Waals surface area (Å²) in [6.45, 7) is 2.73. The summed E-state index contributed by atoms with van der Waals surface area (Å²) in [5.74, 6) is -5.97. The molecule has 0 fully saturated rings. The monoisotopic (exact) mass is 764 g/mol. The van der Waals surface area contributed by atoms with Crippen LogP contribution in [0.4, 0.5) is 13.2 Å². The molecule has 0 spiro atoms. The van der Waals surface area contributed by atoms with Crippen molar-refractivity contribution >= 4 is 35.6 Å². The van der Waals surface area contributed by atoms with Crippen molar-refractivity contribution in [2.45, 2.75) is 33.4 Å². The summed E-state index contributed by atoms with van der Waals surface area (Å²) in [6, 6.07) is 17.1. The fourth-order valence-electron chi connectivity index (χ4n) is 5.63. The number of benzene rings is 3. The number of ether oxygens (including phenoxy) is 4. The van der Waals surface area contributed by atoms with Gasteiger partial charge in [0.1, 0.15) is 6.61 Å². The fraction of sp³-hybridized carbons (Fsp3) is 0.300. The van der Waals surface area contributed by atoms with E-state index in [1.165, 1.54) is 64.2 Å². The normalized spacial score (nSPS) is 11.3. The molecule has 1 amide bonds. The number of halogens is 3. The number of H-pyrrole nitrogens is 1. The summed E-state index contributed by atoms with van der Waals surface area (Å²) < 4.78 is 59.9. The first-order valence-electron chi connectivity index (χ1n) is 17.1. The van der Waals surface area contributed by atoms with Crippen LogP contribution in [-0.4, -0.2) is 86.0 Å². The molecule has 4 rings (SSSR count). The fourth-order valence-corrected chi connectivity index (χ4v) is 5.63. The first-order chi connectivity index (χ1) is 26.1. The van der Waals surface area contributed by atoms with Gasteiger partial charge in [0.15, 0.2) is 5.78 Å². The molecular weight excluding hydrogens is 725 g/mol. The van der Waals surface area contributed by atoms with Gasteiger partial charge < -0.3 is 28.8 Å². The van der Waals surface area contributed by atoms with Crippen molar-refractivity contribution < 1.29 is 60.9 Å². The topological polar surface area (TPSA) is 158 Å². The van der Waals surface area contributed by atoms with Gasteiger partial charge in [-0.15, -0.1) is 0 Å². The second kappa shape index (κ2) is 17.7. The Hall–Kier alpha value is -6.25. The molecule has 3 aromatic carbocycles. The lowest BCUT2D eigenvalue weighted by atomic mass is 9.89. The average Bonchev–Trinajstić information content (AvgIpc) is 3.60. The Labute approximate surface area is 314 Å². The van der Waals surface area contributed by atoms with E-state index in [0.717, 1.165) is 12.1 Å². The zero-order valence-corrected chi connectivity index (χ0v) is 30.7. The van der Waals surface area contributed by atoms with Crippen molar-refractivity contribution in [3.8, 4) is 22.4 Å². The molecule has 0 saturated carbocycles. The van der Waals surface area contributed by atoms with Crippen molar-refractivity contribution in [3.63, 3.8) is 0 Å². The van der Waals surface area contributed by atoms with Gasteiger partial charge in [0.25, 0.3) is 11.3 Å². The number of nitrogens with zero attached hydrogens (tertiary/aromatic N) is 1. The third-order valence-electron chi connectivity index (χ3n) is 8.33. The number of aromatic nitrogens is 1. The summed E-state index contributed by atoms with van der Waals surface area (Å²) in [7, 11) is 3.00. The number of ketones is 1. The maximum absolute atomic E-state index is 14.2. The molecule has 15 heteroatoms. The zero-order valence-electron chi connectivity index (χ0n) is 30.7. The largest absolute Gasteiger partial charge is 0.465 e. The summed E-state index contributed by atoms with van der Waals surface area (Å²) in [5.41, 5.74) is -1.74. The van der Waals surface area contributed by atoms with Gasteiger partial charge in [0.05, 0.1) is 48.6 Å². The molecule has 0 bridgehead atoms. The summed E-state index contributed by atoms with van der Waals surface area (Å²) >= 11 is 0. The molecule has 1 N–H and O–H groups in total. The Morgan fingerprint density at radius 1 is 0.691 bits per heavy atom. The molecule has 0 aliphatic carbocycles. The second-order valence-electron chi connectivity index (χ2n) is 12.2. The molecule has 0 saturated heterocycles. The van der Waals surface area contributed by atoms with Crippen molar-refractivity contribution in [2.75, 3.05) is 40.5 Å². The molecule has 0 radical (unpaired) electrons. The summed E-state index contributed by atoms with van der Waals surface area (Å²) in [6.07, 6.45) is -3.60. The minimum atomic E-state index is -4.54. The number of alkyl halides is 3. The molecule has 0 unspecified atom stereocenters. The summed E-state index contributed by atoms with van der Waals surface area (Å²) in [4.78, 5) is 84.1. The smallest absolute Gasteiger partial charge is 0.416 e. The van der Waals surface area contributed by atoms with Crippen LogP contribution in [0.15, 0.2) is 79.0 Å². The van der Waals surface area contributed by atoms with Crippen LogP contribution in [0.25, 0.3) is 22.4 Å². The van der Waals surface area contributed by atoms with Crippen LogP contribution in [0.5, 0.6) is 0 Å². The Morgan fingerprint density at radius 2 is 1.27 bits per heavy atom. The van der Waals surface area contributed by atoms with Crippen molar-refractivity contribution in [3.05, 3.63) is 107 Å². The van der Waals surface area contributed by atoms with E-state index in [2.05, 4.69) is 4.98 Å². The maximum Gasteiger partial charge on any atom is 0.416 e. The number of carbonyl (C=O) groups excluding carboxylic acids is 6. The lowest BCUT2D eigenvalue weighted by Gasteiger charge is -2.26. The van der Waals surface area contributed by atoms with Gasteiger partial charge in [-0.05, 0) is 61.2 Å². The second-order valence-corrected chi connectivity index (χ2v) is 12.2. The SMILES string of the molecule is CCOC(=O)C(COC(=O)Cc1cccc(-c2[nH]cc(C(=O)c3ccccc3-c3ccc(C(F)(F)F)cc3)c2C(=O)N(C)C)c1)(C(=O)OCC)C(=O)OCC. The lowest BCUT2D eigenvalue weighted by molar-refractivity contribution is -0.189. The van der Waals surface area contributed by atoms with Crippen molar-refractivity contribution in [2.24, 2.45) is 5.41 Å². The first kappa shape index (κ1) is 41.5. The number of aromatic amines is 1. The van der Waals surface area contributed by atoms with Crippen LogP contribution >= 0.6 is 0 Å². The Kier molecular flexibility index (Phi) is 13.4. The number of esters is 4. The predicted octanol–water partition coefficient (Wildman–Crippen LogP) is 6.06. The van der Waals surface area contributed by atoms with E-state index >= 15 is 0 Å². The van der Waals surface area contributed by atoms with E-state index in [4.69, 9.17) is 18.9 Å². The van der Waals surface area contributed by atoms with Gasteiger partial charge in [-0.1, -0.05) is 54.6 Å². The third-order valence-corrected chi connectivity index (χ3v) is 8.33. The molecule has 1 heterocycles. The van der Waals surface area contributed by atoms with Crippen LogP contribution in [0.3, 0.4) is 0 Å². The molecule has 1 aromatic heterocycles.